The topological polar surface area (TPSA) is 64.8 Å². The van der Waals surface area contributed by atoms with Gasteiger partial charge in [0.1, 0.15) is 0 Å². The number of piperidine rings is 1. The Bertz CT molecular complexity index is 517. The highest BCUT2D eigenvalue weighted by molar-refractivity contribution is 5.95. The number of methoxy groups -OCH3 is 1. The minimum absolute atomic E-state index is 0.00357. The van der Waals surface area contributed by atoms with Crippen LogP contribution in [0.1, 0.15) is 37.0 Å². The van der Waals surface area contributed by atoms with E-state index >= 15 is 0 Å². The molecule has 0 aliphatic carbocycles. The quantitative estimate of drug-likeness (QED) is 0.906. The van der Waals surface area contributed by atoms with Crippen LogP contribution in [0, 0.1) is 5.92 Å². The summed E-state index contributed by atoms with van der Waals surface area (Å²) in [5, 5.41) is 0. The van der Waals surface area contributed by atoms with Gasteiger partial charge in [-0.15, -0.1) is 0 Å². The first kappa shape index (κ1) is 16.6. The maximum absolute atomic E-state index is 12.6. The summed E-state index contributed by atoms with van der Waals surface area (Å²) in [5.41, 5.74) is 6.56. The number of hydrogen-bond acceptors (Lipinski definition) is 4. The van der Waals surface area contributed by atoms with Gasteiger partial charge in [0.25, 0.3) is 5.91 Å². The van der Waals surface area contributed by atoms with Crippen LogP contribution >= 0.6 is 0 Å². The maximum atomic E-state index is 12.6. The van der Waals surface area contributed by atoms with Crippen LogP contribution < -0.4 is 15.2 Å². The van der Waals surface area contributed by atoms with E-state index in [9.17, 15) is 4.79 Å². The zero-order valence-electron chi connectivity index (χ0n) is 13.7. The first-order chi connectivity index (χ1) is 10.5. The second-order valence-electron chi connectivity index (χ2n) is 6.22. The van der Waals surface area contributed by atoms with Crippen molar-refractivity contribution in [3.05, 3.63) is 23.8 Å². The third kappa shape index (κ3) is 4.13. The molecule has 1 fully saturated rings. The number of nitrogens with two attached hydrogens (primary N) is 1. The van der Waals surface area contributed by atoms with Crippen LogP contribution in [0.25, 0.3) is 0 Å². The molecule has 2 N–H and O–H groups in total. The van der Waals surface area contributed by atoms with Crippen molar-refractivity contribution in [2.75, 3.05) is 26.8 Å². The molecule has 122 valence electrons. The predicted octanol–water partition coefficient (Wildman–Crippen LogP) is 2.29. The maximum Gasteiger partial charge on any atom is 0.254 e. The van der Waals surface area contributed by atoms with Crippen molar-refractivity contribution in [3.63, 3.8) is 0 Å². The molecule has 1 amide bonds. The molecule has 1 aromatic carbocycles. The Morgan fingerprint density at radius 2 is 2.18 bits per heavy atom. The molecule has 22 heavy (non-hydrogen) atoms. The number of ether oxygens (including phenoxy) is 2. The van der Waals surface area contributed by atoms with E-state index in [0.29, 0.717) is 36.1 Å². The van der Waals surface area contributed by atoms with Gasteiger partial charge in [-0.05, 0) is 37.0 Å². The van der Waals surface area contributed by atoms with Gasteiger partial charge in [0.2, 0.25) is 0 Å². The zero-order valence-corrected chi connectivity index (χ0v) is 13.7. The summed E-state index contributed by atoms with van der Waals surface area (Å²) >= 11 is 0. The van der Waals surface area contributed by atoms with Gasteiger partial charge in [-0.3, -0.25) is 4.79 Å². The molecule has 2 rings (SSSR count). The number of benzene rings is 1. The van der Waals surface area contributed by atoms with E-state index in [1.165, 1.54) is 0 Å². The second kappa shape index (κ2) is 7.49. The zero-order chi connectivity index (χ0) is 16.1. The molecule has 0 aromatic heterocycles. The first-order valence-electron chi connectivity index (χ1n) is 7.87. The molecular weight excluding hydrogens is 280 g/mol. The lowest BCUT2D eigenvalue weighted by molar-refractivity contribution is 0.0708. The van der Waals surface area contributed by atoms with Crippen molar-refractivity contribution in [3.8, 4) is 11.5 Å². The van der Waals surface area contributed by atoms with Crippen LogP contribution in [0.5, 0.6) is 11.5 Å². The SMILES string of the molecule is COc1cc(C(=O)N2CCCC(N)C2)ccc1OCC(C)C. The van der Waals surface area contributed by atoms with Gasteiger partial charge in [0.15, 0.2) is 11.5 Å². The van der Waals surface area contributed by atoms with E-state index < -0.39 is 0 Å². The molecule has 0 bridgehead atoms. The lowest BCUT2D eigenvalue weighted by atomic mass is 10.1. The van der Waals surface area contributed by atoms with Crippen LogP contribution in [-0.2, 0) is 0 Å². The largest absolute Gasteiger partial charge is 0.493 e. The number of likely N-dealkylation sites (tertiary alicyclic amines) is 1. The number of carbonyl (C=O) groups excluding carboxylic acids is 1. The van der Waals surface area contributed by atoms with Crippen LogP contribution in [0.3, 0.4) is 0 Å². The fraction of sp³-hybridized carbons (Fsp3) is 0.588. The van der Waals surface area contributed by atoms with Gasteiger partial charge >= 0.3 is 0 Å². The van der Waals surface area contributed by atoms with E-state index in [-0.39, 0.29) is 11.9 Å². The summed E-state index contributed by atoms with van der Waals surface area (Å²) in [4.78, 5) is 14.4. The van der Waals surface area contributed by atoms with E-state index in [0.717, 1.165) is 19.4 Å². The molecule has 1 heterocycles. The fourth-order valence-corrected chi connectivity index (χ4v) is 2.55. The average Bonchev–Trinajstić information content (AvgIpc) is 2.52. The molecule has 5 heteroatoms. The molecule has 1 atom stereocenters. The third-order valence-electron chi connectivity index (χ3n) is 3.73. The normalized spacial score (nSPS) is 18.4. The predicted molar refractivity (Wildman–Crippen MR) is 86.4 cm³/mol. The average molecular weight is 306 g/mol. The highest BCUT2D eigenvalue weighted by atomic mass is 16.5. The number of amides is 1. The lowest BCUT2D eigenvalue weighted by Crippen LogP contribution is -2.45. The molecule has 1 unspecified atom stereocenters. The van der Waals surface area contributed by atoms with E-state index in [2.05, 4.69) is 13.8 Å². The molecule has 5 nitrogen and oxygen atoms in total. The van der Waals surface area contributed by atoms with Crippen LogP contribution in [0.15, 0.2) is 18.2 Å². The monoisotopic (exact) mass is 306 g/mol. The Labute approximate surface area is 132 Å². The van der Waals surface area contributed by atoms with Gasteiger partial charge in [-0.1, -0.05) is 13.8 Å². The molecule has 1 aromatic rings. The van der Waals surface area contributed by atoms with Crippen LogP contribution in [0.2, 0.25) is 0 Å². The Morgan fingerprint density at radius 1 is 1.41 bits per heavy atom. The van der Waals surface area contributed by atoms with Crippen molar-refractivity contribution in [1.82, 2.24) is 4.90 Å². The summed E-state index contributed by atoms with van der Waals surface area (Å²) < 4.78 is 11.1. The molecule has 0 saturated carbocycles. The smallest absolute Gasteiger partial charge is 0.254 e. The second-order valence-corrected chi connectivity index (χ2v) is 6.22. The lowest BCUT2D eigenvalue weighted by Gasteiger charge is -2.31. The number of rotatable bonds is 5. The Kier molecular flexibility index (Phi) is 5.66. The minimum Gasteiger partial charge on any atom is -0.493 e. The van der Waals surface area contributed by atoms with Gasteiger partial charge < -0.3 is 20.1 Å². The van der Waals surface area contributed by atoms with Crippen molar-refractivity contribution in [1.29, 1.82) is 0 Å². The van der Waals surface area contributed by atoms with E-state index in [1.54, 1.807) is 25.3 Å². The highest BCUT2D eigenvalue weighted by Crippen LogP contribution is 2.29. The van der Waals surface area contributed by atoms with E-state index in [4.69, 9.17) is 15.2 Å². The summed E-state index contributed by atoms with van der Waals surface area (Å²) in [6.07, 6.45) is 1.94. The van der Waals surface area contributed by atoms with Crippen molar-refractivity contribution < 1.29 is 14.3 Å². The van der Waals surface area contributed by atoms with E-state index in [1.807, 2.05) is 4.90 Å². The Morgan fingerprint density at radius 3 is 2.82 bits per heavy atom. The third-order valence-corrected chi connectivity index (χ3v) is 3.73. The van der Waals surface area contributed by atoms with Crippen molar-refractivity contribution in [2.45, 2.75) is 32.7 Å². The molecule has 0 radical (unpaired) electrons. The molecule has 0 spiro atoms. The fourth-order valence-electron chi connectivity index (χ4n) is 2.55. The molecular formula is C17H26N2O3. The number of carbonyl (C=O) groups is 1. The summed E-state index contributed by atoms with van der Waals surface area (Å²) in [5.74, 6) is 1.70. The standard InChI is InChI=1S/C17H26N2O3/c1-12(2)11-22-15-7-6-13(9-16(15)21-3)17(20)19-8-4-5-14(18)10-19/h6-7,9,12,14H,4-5,8,10-11,18H2,1-3H3. The number of hydrogen-bond donors (Lipinski definition) is 1. The summed E-state index contributed by atoms with van der Waals surface area (Å²) in [7, 11) is 1.59. The van der Waals surface area contributed by atoms with Gasteiger partial charge in [0.05, 0.1) is 13.7 Å². The molecule has 1 aliphatic heterocycles. The summed E-state index contributed by atoms with van der Waals surface area (Å²) in [6.45, 7) is 6.17. The number of nitrogens with zero attached hydrogens (tertiary/aromatic N) is 1. The summed E-state index contributed by atoms with van der Waals surface area (Å²) in [6, 6.07) is 5.42. The molecule has 1 saturated heterocycles. The Hall–Kier alpha value is -1.75. The Balaban J connectivity index is 2.12. The van der Waals surface area contributed by atoms with Crippen molar-refractivity contribution in [2.24, 2.45) is 11.7 Å². The van der Waals surface area contributed by atoms with Gasteiger partial charge in [0, 0.05) is 24.7 Å². The minimum atomic E-state index is 0.00357. The van der Waals surface area contributed by atoms with Crippen molar-refractivity contribution >= 4 is 5.91 Å². The molecule has 1 aliphatic rings. The van der Waals surface area contributed by atoms with Crippen LogP contribution in [0.4, 0.5) is 0 Å². The first-order valence-corrected chi connectivity index (χ1v) is 7.87. The van der Waals surface area contributed by atoms with Crippen LogP contribution in [-0.4, -0.2) is 43.7 Å². The highest BCUT2D eigenvalue weighted by Gasteiger charge is 2.23. The van der Waals surface area contributed by atoms with Gasteiger partial charge in [-0.25, -0.2) is 0 Å². The van der Waals surface area contributed by atoms with Gasteiger partial charge in [-0.2, -0.15) is 0 Å².